The van der Waals surface area contributed by atoms with Crippen LogP contribution in [0.2, 0.25) is 0 Å². The molecular weight excluding hydrogens is 236 g/mol. The third-order valence-corrected chi connectivity index (χ3v) is 6.47. The molecule has 0 bridgehead atoms. The van der Waals surface area contributed by atoms with Crippen LogP contribution < -0.4 is 4.31 Å². The lowest BCUT2D eigenvalue weighted by Crippen LogP contribution is -2.40. The van der Waals surface area contributed by atoms with Crippen molar-refractivity contribution in [2.24, 2.45) is 0 Å². The molecule has 1 saturated heterocycles. The van der Waals surface area contributed by atoms with Gasteiger partial charge in [-0.1, -0.05) is 18.2 Å². The van der Waals surface area contributed by atoms with Crippen LogP contribution in [0.15, 0.2) is 24.3 Å². The molecule has 3 rings (SSSR count). The monoisotopic (exact) mass is 252 g/mol. The standard InChI is InChI=1S/C12H16N2O2S/c1-13-8-7-12(9-13)10-5-3-4-6-11(10)14(2)17(12,15)16/h3-6H,7-9H2,1-2H3. The number of hydrogen-bond acceptors (Lipinski definition) is 3. The Labute approximate surface area is 102 Å². The molecular formula is C12H16N2O2S. The number of likely N-dealkylation sites (tertiary alicyclic amines) is 1. The van der Waals surface area contributed by atoms with Crippen LogP contribution in [-0.2, 0) is 14.8 Å². The van der Waals surface area contributed by atoms with E-state index < -0.39 is 14.8 Å². The Morgan fingerprint density at radius 1 is 1.24 bits per heavy atom. The van der Waals surface area contributed by atoms with Crippen LogP contribution in [-0.4, -0.2) is 40.5 Å². The van der Waals surface area contributed by atoms with Crippen molar-refractivity contribution < 1.29 is 8.42 Å². The highest BCUT2D eigenvalue weighted by molar-refractivity contribution is 7.94. The Bertz CT molecular complexity index is 570. The molecule has 1 spiro atoms. The van der Waals surface area contributed by atoms with Crippen molar-refractivity contribution in [2.45, 2.75) is 11.2 Å². The van der Waals surface area contributed by atoms with Crippen LogP contribution in [0.1, 0.15) is 12.0 Å². The van der Waals surface area contributed by atoms with Gasteiger partial charge in [0.05, 0.1) is 5.69 Å². The third kappa shape index (κ3) is 1.18. The predicted octanol–water partition coefficient (Wildman–Crippen LogP) is 0.997. The van der Waals surface area contributed by atoms with E-state index in [-0.39, 0.29) is 0 Å². The van der Waals surface area contributed by atoms with Gasteiger partial charge < -0.3 is 4.90 Å². The number of fused-ring (bicyclic) bond motifs is 2. The van der Waals surface area contributed by atoms with Crippen molar-refractivity contribution >= 4 is 15.7 Å². The molecule has 1 aromatic rings. The Morgan fingerprint density at radius 2 is 1.94 bits per heavy atom. The van der Waals surface area contributed by atoms with E-state index in [4.69, 9.17) is 0 Å². The molecule has 2 aliphatic heterocycles. The van der Waals surface area contributed by atoms with E-state index in [1.54, 1.807) is 7.05 Å². The van der Waals surface area contributed by atoms with Crippen molar-refractivity contribution in [2.75, 3.05) is 31.5 Å². The average molecular weight is 252 g/mol. The summed E-state index contributed by atoms with van der Waals surface area (Å²) in [5.74, 6) is 0. The van der Waals surface area contributed by atoms with E-state index in [1.807, 2.05) is 31.3 Å². The van der Waals surface area contributed by atoms with Gasteiger partial charge in [-0.05, 0) is 26.1 Å². The van der Waals surface area contributed by atoms with E-state index in [2.05, 4.69) is 4.90 Å². The van der Waals surface area contributed by atoms with Crippen molar-refractivity contribution in [1.29, 1.82) is 0 Å². The molecule has 0 amide bonds. The van der Waals surface area contributed by atoms with Crippen LogP contribution in [0.5, 0.6) is 0 Å². The van der Waals surface area contributed by atoms with Crippen molar-refractivity contribution in [3.63, 3.8) is 0 Å². The highest BCUT2D eigenvalue weighted by Gasteiger charge is 2.57. The summed E-state index contributed by atoms with van der Waals surface area (Å²) in [4.78, 5) is 2.09. The Balaban J connectivity index is 2.28. The Morgan fingerprint density at radius 3 is 2.59 bits per heavy atom. The van der Waals surface area contributed by atoms with E-state index in [0.29, 0.717) is 13.0 Å². The van der Waals surface area contributed by atoms with E-state index in [1.165, 1.54) is 4.31 Å². The van der Waals surface area contributed by atoms with Gasteiger partial charge in [0.2, 0.25) is 10.0 Å². The molecule has 0 aliphatic carbocycles. The summed E-state index contributed by atoms with van der Waals surface area (Å²) in [5.41, 5.74) is 1.80. The second kappa shape index (κ2) is 3.23. The fourth-order valence-electron chi connectivity index (χ4n) is 3.06. The lowest BCUT2D eigenvalue weighted by molar-refractivity contribution is 0.401. The molecule has 2 aliphatic rings. The van der Waals surface area contributed by atoms with Gasteiger partial charge in [0.15, 0.2) is 0 Å². The van der Waals surface area contributed by atoms with Gasteiger partial charge in [-0.15, -0.1) is 0 Å². The molecule has 92 valence electrons. The maximum absolute atomic E-state index is 12.6. The quantitative estimate of drug-likeness (QED) is 0.691. The Hall–Kier alpha value is -1.07. The average Bonchev–Trinajstić information content (AvgIpc) is 2.77. The molecule has 0 radical (unpaired) electrons. The largest absolute Gasteiger partial charge is 0.304 e. The first-order valence-corrected chi connectivity index (χ1v) is 7.20. The van der Waals surface area contributed by atoms with Gasteiger partial charge in [0.1, 0.15) is 4.75 Å². The normalized spacial score (nSPS) is 31.1. The number of benzene rings is 1. The molecule has 0 aromatic heterocycles. The smallest absolute Gasteiger partial charge is 0.246 e. The lowest BCUT2D eigenvalue weighted by Gasteiger charge is -2.24. The molecule has 1 unspecified atom stereocenters. The van der Waals surface area contributed by atoms with Crippen LogP contribution >= 0.6 is 0 Å². The van der Waals surface area contributed by atoms with Crippen molar-refractivity contribution in [3.8, 4) is 0 Å². The highest BCUT2D eigenvalue weighted by Crippen LogP contribution is 2.50. The van der Waals surface area contributed by atoms with Crippen LogP contribution in [0.25, 0.3) is 0 Å². The zero-order valence-corrected chi connectivity index (χ0v) is 10.9. The summed E-state index contributed by atoms with van der Waals surface area (Å²) >= 11 is 0. The maximum Gasteiger partial charge on any atom is 0.246 e. The number of likely N-dealkylation sites (N-methyl/N-ethyl adjacent to an activating group) is 1. The summed E-state index contributed by atoms with van der Waals surface area (Å²) < 4.78 is 26.0. The first-order chi connectivity index (χ1) is 7.99. The second-order valence-corrected chi connectivity index (χ2v) is 7.25. The molecule has 1 fully saturated rings. The molecule has 2 heterocycles. The van der Waals surface area contributed by atoms with E-state index >= 15 is 0 Å². The number of hydrogen-bond donors (Lipinski definition) is 0. The zero-order chi connectivity index (χ0) is 12.3. The number of rotatable bonds is 0. The maximum atomic E-state index is 12.6. The molecule has 17 heavy (non-hydrogen) atoms. The topological polar surface area (TPSA) is 40.6 Å². The van der Waals surface area contributed by atoms with Gasteiger partial charge in [0.25, 0.3) is 0 Å². The summed E-state index contributed by atoms with van der Waals surface area (Å²) in [7, 11) is 0.366. The van der Waals surface area contributed by atoms with Gasteiger partial charge in [-0.25, -0.2) is 8.42 Å². The van der Waals surface area contributed by atoms with Crippen molar-refractivity contribution in [3.05, 3.63) is 29.8 Å². The number of sulfonamides is 1. The molecule has 1 atom stereocenters. The van der Waals surface area contributed by atoms with Gasteiger partial charge in [-0.2, -0.15) is 0 Å². The second-order valence-electron chi connectivity index (χ2n) is 4.97. The Kier molecular flexibility index (Phi) is 2.10. The molecule has 0 saturated carbocycles. The molecule has 5 heteroatoms. The minimum atomic E-state index is -3.27. The SMILES string of the molecule is CN1CCC2(C1)c1ccccc1N(C)S2(=O)=O. The lowest BCUT2D eigenvalue weighted by atomic mass is 9.96. The predicted molar refractivity (Wildman–Crippen MR) is 67.6 cm³/mol. The first-order valence-electron chi connectivity index (χ1n) is 5.75. The minimum absolute atomic E-state index is 0.594. The summed E-state index contributed by atoms with van der Waals surface area (Å²) in [6.45, 7) is 1.43. The van der Waals surface area contributed by atoms with Gasteiger partial charge >= 0.3 is 0 Å². The summed E-state index contributed by atoms with van der Waals surface area (Å²) in [5, 5.41) is 0. The van der Waals surface area contributed by atoms with Gasteiger partial charge in [-0.3, -0.25) is 4.31 Å². The minimum Gasteiger partial charge on any atom is -0.304 e. The molecule has 1 aromatic carbocycles. The molecule has 4 nitrogen and oxygen atoms in total. The highest BCUT2D eigenvalue weighted by atomic mass is 32.2. The van der Waals surface area contributed by atoms with Crippen molar-refractivity contribution in [1.82, 2.24) is 4.90 Å². The summed E-state index contributed by atoms with van der Waals surface area (Å²) in [6, 6.07) is 7.66. The number of anilines is 1. The summed E-state index contributed by atoms with van der Waals surface area (Å²) in [6.07, 6.45) is 0.688. The number of para-hydroxylation sites is 1. The fraction of sp³-hybridized carbons (Fsp3) is 0.500. The first kappa shape index (κ1) is 11.0. The molecule has 0 N–H and O–H groups in total. The fourth-order valence-corrected chi connectivity index (χ4v) is 5.19. The van der Waals surface area contributed by atoms with Gasteiger partial charge in [0, 0.05) is 19.2 Å². The van der Waals surface area contributed by atoms with Crippen LogP contribution in [0.3, 0.4) is 0 Å². The zero-order valence-electron chi connectivity index (χ0n) is 10.0. The third-order valence-electron chi connectivity index (χ3n) is 4.01. The number of nitrogens with zero attached hydrogens (tertiary/aromatic N) is 2. The van der Waals surface area contributed by atoms with Crippen LogP contribution in [0.4, 0.5) is 5.69 Å². The van der Waals surface area contributed by atoms with E-state index in [0.717, 1.165) is 17.8 Å². The van der Waals surface area contributed by atoms with Crippen LogP contribution in [0, 0.1) is 0 Å². The van der Waals surface area contributed by atoms with E-state index in [9.17, 15) is 8.42 Å².